The lowest BCUT2D eigenvalue weighted by Gasteiger charge is -2.08. The average Bonchev–Trinajstić information content (AvgIpc) is 2.53. The van der Waals surface area contributed by atoms with Crippen molar-refractivity contribution in [3.05, 3.63) is 57.5 Å². The van der Waals surface area contributed by atoms with Crippen molar-refractivity contribution in [2.75, 3.05) is 12.4 Å². The highest BCUT2D eigenvalue weighted by molar-refractivity contribution is 9.10. The molecule has 0 atom stereocenters. The van der Waals surface area contributed by atoms with Crippen molar-refractivity contribution >= 4 is 44.9 Å². The molecule has 0 heterocycles. The van der Waals surface area contributed by atoms with Crippen LogP contribution in [0.2, 0.25) is 5.02 Å². The number of nitrogens with one attached hydrogen (secondary N) is 1. The zero-order valence-corrected chi connectivity index (χ0v) is 14.8. The van der Waals surface area contributed by atoms with Gasteiger partial charge in [0.15, 0.2) is 5.78 Å². The van der Waals surface area contributed by atoms with Crippen molar-refractivity contribution in [2.45, 2.75) is 12.8 Å². The maximum atomic E-state index is 12.0. The number of carbonyl (C=O) groups is 2. The zero-order chi connectivity index (χ0) is 16.8. The standard InChI is InChI=1S/C17H15BrClNO3/c1-23-16-8-6-13(10-14(16)19)20-17(22)9-7-15(21)11-2-4-12(18)5-3-11/h2-6,8,10H,7,9H2,1H3,(H,20,22). The van der Waals surface area contributed by atoms with Crippen molar-refractivity contribution < 1.29 is 14.3 Å². The molecule has 0 bridgehead atoms. The number of ether oxygens (including phenoxy) is 1. The average molecular weight is 397 g/mol. The Hall–Kier alpha value is -1.85. The lowest BCUT2D eigenvalue weighted by molar-refractivity contribution is -0.116. The largest absolute Gasteiger partial charge is 0.495 e. The van der Waals surface area contributed by atoms with Gasteiger partial charge < -0.3 is 10.1 Å². The molecule has 1 amide bonds. The van der Waals surface area contributed by atoms with E-state index in [1.807, 2.05) is 0 Å². The molecule has 0 aliphatic carbocycles. The van der Waals surface area contributed by atoms with Crippen LogP contribution < -0.4 is 10.1 Å². The summed E-state index contributed by atoms with van der Waals surface area (Å²) in [6.07, 6.45) is 0.260. The lowest BCUT2D eigenvalue weighted by Crippen LogP contribution is -2.13. The van der Waals surface area contributed by atoms with Crippen LogP contribution in [0.4, 0.5) is 5.69 Å². The summed E-state index contributed by atoms with van der Waals surface area (Å²) in [5, 5.41) is 3.12. The second-order valence-electron chi connectivity index (χ2n) is 4.83. The molecule has 4 nitrogen and oxygen atoms in total. The first-order valence-electron chi connectivity index (χ1n) is 6.92. The molecule has 0 aliphatic heterocycles. The van der Waals surface area contributed by atoms with Crippen molar-refractivity contribution in [2.24, 2.45) is 0 Å². The van der Waals surface area contributed by atoms with E-state index in [1.54, 1.807) is 42.5 Å². The third-order valence-corrected chi connectivity index (χ3v) is 4.00. The molecule has 0 saturated heterocycles. The molecule has 0 saturated carbocycles. The van der Waals surface area contributed by atoms with Crippen molar-refractivity contribution in [3.63, 3.8) is 0 Å². The maximum absolute atomic E-state index is 12.0. The van der Waals surface area contributed by atoms with Gasteiger partial charge in [0.05, 0.1) is 12.1 Å². The number of amides is 1. The Kier molecular flexibility index (Phi) is 6.19. The quantitative estimate of drug-likeness (QED) is 0.719. The summed E-state index contributed by atoms with van der Waals surface area (Å²) in [4.78, 5) is 23.9. The van der Waals surface area contributed by atoms with E-state index in [4.69, 9.17) is 16.3 Å². The van der Waals surface area contributed by atoms with Crippen LogP contribution in [0.15, 0.2) is 46.9 Å². The van der Waals surface area contributed by atoms with E-state index >= 15 is 0 Å². The van der Waals surface area contributed by atoms with Gasteiger partial charge >= 0.3 is 0 Å². The number of methoxy groups -OCH3 is 1. The fourth-order valence-electron chi connectivity index (χ4n) is 1.97. The first-order chi connectivity index (χ1) is 11.0. The predicted octanol–water partition coefficient (Wildman–Crippen LogP) is 4.71. The maximum Gasteiger partial charge on any atom is 0.224 e. The van der Waals surface area contributed by atoms with E-state index in [1.165, 1.54) is 7.11 Å². The molecule has 0 aliphatic rings. The monoisotopic (exact) mass is 395 g/mol. The number of Topliss-reactive ketones (excluding diaryl/α,β-unsaturated/α-hetero) is 1. The third-order valence-electron chi connectivity index (χ3n) is 3.18. The summed E-state index contributed by atoms with van der Waals surface area (Å²) in [7, 11) is 1.52. The Bertz CT molecular complexity index is 716. The number of halogens is 2. The number of anilines is 1. The fraction of sp³-hybridized carbons (Fsp3) is 0.176. The molecule has 0 aromatic heterocycles. The molecular weight excluding hydrogens is 382 g/mol. The van der Waals surface area contributed by atoms with E-state index in [2.05, 4.69) is 21.2 Å². The highest BCUT2D eigenvalue weighted by atomic mass is 79.9. The first-order valence-corrected chi connectivity index (χ1v) is 8.09. The number of hydrogen-bond acceptors (Lipinski definition) is 3. The van der Waals surface area contributed by atoms with Gasteiger partial charge in [-0.05, 0) is 30.3 Å². The second kappa shape index (κ2) is 8.13. The Balaban J connectivity index is 1.88. The fourth-order valence-corrected chi connectivity index (χ4v) is 2.50. The number of hydrogen-bond donors (Lipinski definition) is 1. The van der Waals surface area contributed by atoms with Crippen molar-refractivity contribution in [3.8, 4) is 5.75 Å². The number of ketones is 1. The van der Waals surface area contributed by atoms with Gasteiger partial charge in [-0.15, -0.1) is 0 Å². The van der Waals surface area contributed by atoms with E-state index in [-0.39, 0.29) is 24.5 Å². The summed E-state index contributed by atoms with van der Waals surface area (Å²) in [5.41, 5.74) is 1.16. The van der Waals surface area contributed by atoms with Gasteiger partial charge in [-0.3, -0.25) is 9.59 Å². The van der Waals surface area contributed by atoms with Crippen LogP contribution in [0.25, 0.3) is 0 Å². The van der Waals surface area contributed by atoms with Gasteiger partial charge in [-0.2, -0.15) is 0 Å². The van der Waals surface area contributed by atoms with Crippen molar-refractivity contribution in [1.29, 1.82) is 0 Å². The topological polar surface area (TPSA) is 55.4 Å². The van der Waals surface area contributed by atoms with Gasteiger partial charge in [-0.1, -0.05) is 39.7 Å². The number of benzene rings is 2. The Morgan fingerprint density at radius 2 is 1.83 bits per heavy atom. The summed E-state index contributed by atoms with van der Waals surface area (Å²) >= 11 is 9.31. The summed E-state index contributed by atoms with van der Waals surface area (Å²) in [6.45, 7) is 0. The van der Waals surface area contributed by atoms with Crippen LogP contribution >= 0.6 is 27.5 Å². The summed E-state index contributed by atoms with van der Waals surface area (Å²) < 4.78 is 5.95. The summed E-state index contributed by atoms with van der Waals surface area (Å²) in [6, 6.07) is 12.0. The Morgan fingerprint density at radius 1 is 1.13 bits per heavy atom. The van der Waals surface area contributed by atoms with Crippen LogP contribution in [0.1, 0.15) is 23.2 Å². The molecule has 2 aromatic rings. The van der Waals surface area contributed by atoms with E-state index in [0.29, 0.717) is 22.0 Å². The van der Waals surface area contributed by atoms with Gasteiger partial charge in [0.2, 0.25) is 5.91 Å². The van der Waals surface area contributed by atoms with E-state index in [9.17, 15) is 9.59 Å². The van der Waals surface area contributed by atoms with Crippen LogP contribution in [0.5, 0.6) is 5.75 Å². The molecule has 1 N–H and O–H groups in total. The molecule has 0 fully saturated rings. The molecule has 6 heteroatoms. The SMILES string of the molecule is COc1ccc(NC(=O)CCC(=O)c2ccc(Br)cc2)cc1Cl. The highest BCUT2D eigenvalue weighted by Crippen LogP contribution is 2.27. The molecule has 2 aromatic carbocycles. The van der Waals surface area contributed by atoms with Gasteiger partial charge in [0.25, 0.3) is 0 Å². The molecule has 120 valence electrons. The zero-order valence-electron chi connectivity index (χ0n) is 12.4. The number of carbonyl (C=O) groups excluding carboxylic acids is 2. The minimum Gasteiger partial charge on any atom is -0.495 e. The van der Waals surface area contributed by atoms with E-state index in [0.717, 1.165) is 4.47 Å². The normalized spacial score (nSPS) is 10.2. The predicted molar refractivity (Wildman–Crippen MR) is 94.3 cm³/mol. The third kappa shape index (κ3) is 5.08. The molecule has 0 radical (unpaired) electrons. The minimum absolute atomic E-state index is 0.0691. The second-order valence-corrected chi connectivity index (χ2v) is 6.15. The molecule has 0 spiro atoms. The van der Waals surface area contributed by atoms with E-state index < -0.39 is 0 Å². The van der Waals surface area contributed by atoms with Crippen molar-refractivity contribution in [1.82, 2.24) is 0 Å². The van der Waals surface area contributed by atoms with Gasteiger partial charge in [0, 0.05) is 28.6 Å². The molecular formula is C17H15BrClNO3. The van der Waals surface area contributed by atoms with Crippen LogP contribution in [-0.2, 0) is 4.79 Å². The first kappa shape index (κ1) is 17.5. The summed E-state index contributed by atoms with van der Waals surface area (Å²) in [5.74, 6) is 0.229. The van der Waals surface area contributed by atoms with Gasteiger partial charge in [0.1, 0.15) is 5.75 Å². The minimum atomic E-state index is -0.239. The van der Waals surface area contributed by atoms with Crippen LogP contribution in [-0.4, -0.2) is 18.8 Å². The Labute approximate surface area is 147 Å². The van der Waals surface area contributed by atoms with Gasteiger partial charge in [-0.25, -0.2) is 0 Å². The Morgan fingerprint density at radius 3 is 2.43 bits per heavy atom. The van der Waals surface area contributed by atoms with Crippen LogP contribution in [0.3, 0.4) is 0 Å². The molecule has 23 heavy (non-hydrogen) atoms. The smallest absolute Gasteiger partial charge is 0.224 e. The molecule has 2 rings (SSSR count). The highest BCUT2D eigenvalue weighted by Gasteiger charge is 2.10. The molecule has 0 unspecified atom stereocenters. The number of rotatable bonds is 6. The van der Waals surface area contributed by atoms with Crippen LogP contribution in [0, 0.1) is 0 Å². The lowest BCUT2D eigenvalue weighted by atomic mass is 10.1.